The Morgan fingerprint density at radius 1 is 1.07 bits per heavy atom. The van der Waals surface area contributed by atoms with Gasteiger partial charge in [-0.1, -0.05) is 36.0 Å². The molecule has 140 valence electrons. The largest absolute Gasteiger partial charge is 0.493 e. The van der Waals surface area contributed by atoms with Gasteiger partial charge in [-0.25, -0.2) is 4.98 Å². The number of benzene rings is 2. The minimum atomic E-state index is -0.0394. The van der Waals surface area contributed by atoms with Crippen LogP contribution in [0.15, 0.2) is 53.6 Å². The van der Waals surface area contributed by atoms with Crippen LogP contribution in [0.2, 0.25) is 0 Å². The van der Waals surface area contributed by atoms with E-state index in [2.05, 4.69) is 23.3 Å². The number of methoxy groups -OCH3 is 2. The lowest BCUT2D eigenvalue weighted by molar-refractivity contribution is -0.118. The number of carbonyl (C=O) groups excluding carboxylic acids is 1. The summed E-state index contributed by atoms with van der Waals surface area (Å²) < 4.78 is 10.5. The molecule has 0 saturated carbocycles. The molecule has 0 aliphatic heterocycles. The van der Waals surface area contributed by atoms with Gasteiger partial charge >= 0.3 is 0 Å². The Bertz CT molecular complexity index is 959. The van der Waals surface area contributed by atoms with Gasteiger partial charge in [0.05, 0.1) is 30.5 Å². The van der Waals surface area contributed by atoms with Crippen molar-refractivity contribution in [2.75, 3.05) is 20.0 Å². The van der Waals surface area contributed by atoms with Crippen LogP contribution in [-0.4, -0.2) is 30.9 Å². The Hall–Kier alpha value is -2.73. The minimum Gasteiger partial charge on any atom is -0.493 e. The number of para-hydroxylation sites is 1. The summed E-state index contributed by atoms with van der Waals surface area (Å²) in [5.74, 6) is 1.59. The van der Waals surface area contributed by atoms with Gasteiger partial charge in [-0.05, 0) is 42.3 Å². The summed E-state index contributed by atoms with van der Waals surface area (Å²) in [6, 6.07) is 15.6. The number of fused-ring (bicyclic) bond motifs is 1. The fraction of sp³-hybridized carbons (Fsp3) is 0.238. The lowest BCUT2D eigenvalue weighted by Crippen LogP contribution is -2.24. The predicted octanol–water partition coefficient (Wildman–Crippen LogP) is 3.97. The van der Waals surface area contributed by atoms with Gasteiger partial charge in [0, 0.05) is 11.9 Å². The molecule has 0 unspecified atom stereocenters. The lowest BCUT2D eigenvalue weighted by Gasteiger charge is -2.10. The van der Waals surface area contributed by atoms with E-state index in [-0.39, 0.29) is 5.91 Å². The van der Waals surface area contributed by atoms with Crippen LogP contribution in [0.4, 0.5) is 0 Å². The van der Waals surface area contributed by atoms with E-state index in [1.807, 2.05) is 42.5 Å². The number of pyridine rings is 1. The van der Waals surface area contributed by atoms with Crippen molar-refractivity contribution >= 4 is 28.6 Å². The van der Waals surface area contributed by atoms with Crippen LogP contribution in [0, 0.1) is 6.92 Å². The topological polar surface area (TPSA) is 60.5 Å². The van der Waals surface area contributed by atoms with Crippen LogP contribution < -0.4 is 14.8 Å². The van der Waals surface area contributed by atoms with E-state index in [4.69, 9.17) is 9.47 Å². The molecular formula is C21H22N2O3S. The fourth-order valence-electron chi connectivity index (χ4n) is 2.77. The Labute approximate surface area is 163 Å². The van der Waals surface area contributed by atoms with Crippen LogP contribution in [0.5, 0.6) is 11.5 Å². The Morgan fingerprint density at radius 3 is 2.63 bits per heavy atom. The molecule has 5 nitrogen and oxygen atoms in total. The zero-order valence-corrected chi connectivity index (χ0v) is 16.4. The summed E-state index contributed by atoms with van der Waals surface area (Å²) in [4.78, 5) is 16.8. The van der Waals surface area contributed by atoms with E-state index < -0.39 is 0 Å². The molecular weight excluding hydrogens is 360 g/mol. The van der Waals surface area contributed by atoms with Crippen LogP contribution in [0.1, 0.15) is 11.1 Å². The van der Waals surface area contributed by atoms with E-state index in [0.717, 1.165) is 27.1 Å². The number of amides is 1. The maximum Gasteiger partial charge on any atom is 0.230 e. The SMILES string of the molecule is COc1ccc(CNC(=O)CSc2cc(C)c3ccccc3n2)cc1OC. The number of nitrogens with zero attached hydrogens (tertiary/aromatic N) is 1. The van der Waals surface area contributed by atoms with Gasteiger partial charge in [0.2, 0.25) is 5.91 Å². The molecule has 27 heavy (non-hydrogen) atoms. The average molecular weight is 382 g/mol. The van der Waals surface area contributed by atoms with Crippen LogP contribution >= 0.6 is 11.8 Å². The zero-order valence-electron chi connectivity index (χ0n) is 15.6. The first-order valence-electron chi connectivity index (χ1n) is 8.57. The second-order valence-corrected chi connectivity index (χ2v) is 7.04. The van der Waals surface area contributed by atoms with Gasteiger partial charge in [0.15, 0.2) is 11.5 Å². The first-order chi connectivity index (χ1) is 13.1. The highest BCUT2D eigenvalue weighted by atomic mass is 32.2. The minimum absolute atomic E-state index is 0.0394. The second-order valence-electron chi connectivity index (χ2n) is 6.05. The van der Waals surface area contributed by atoms with E-state index in [1.165, 1.54) is 11.8 Å². The molecule has 1 amide bonds. The van der Waals surface area contributed by atoms with Crippen molar-refractivity contribution in [1.82, 2.24) is 10.3 Å². The maximum absolute atomic E-state index is 12.2. The summed E-state index contributed by atoms with van der Waals surface area (Å²) in [7, 11) is 3.19. The monoisotopic (exact) mass is 382 g/mol. The molecule has 1 heterocycles. The lowest BCUT2D eigenvalue weighted by atomic mass is 10.1. The highest BCUT2D eigenvalue weighted by molar-refractivity contribution is 7.99. The number of nitrogens with one attached hydrogen (secondary N) is 1. The molecule has 0 atom stereocenters. The van der Waals surface area contributed by atoms with Gasteiger partial charge in [-0.2, -0.15) is 0 Å². The molecule has 3 rings (SSSR count). The van der Waals surface area contributed by atoms with Crippen LogP contribution in [0.3, 0.4) is 0 Å². The van der Waals surface area contributed by atoms with Crippen molar-refractivity contribution < 1.29 is 14.3 Å². The molecule has 0 aliphatic carbocycles. The number of aromatic nitrogens is 1. The Morgan fingerprint density at radius 2 is 1.85 bits per heavy atom. The van der Waals surface area contributed by atoms with Crippen molar-refractivity contribution in [2.24, 2.45) is 0 Å². The van der Waals surface area contributed by atoms with Crippen LogP contribution in [0.25, 0.3) is 10.9 Å². The van der Waals surface area contributed by atoms with Gasteiger partial charge < -0.3 is 14.8 Å². The number of rotatable bonds is 7. The summed E-state index contributed by atoms with van der Waals surface area (Å²) >= 11 is 1.44. The van der Waals surface area contributed by atoms with Gasteiger partial charge in [0.1, 0.15) is 0 Å². The molecule has 0 spiro atoms. The second kappa shape index (κ2) is 8.77. The summed E-state index contributed by atoms with van der Waals surface area (Å²) in [6.07, 6.45) is 0. The summed E-state index contributed by atoms with van der Waals surface area (Å²) in [5.41, 5.74) is 3.06. The van der Waals surface area contributed by atoms with Crippen LogP contribution in [-0.2, 0) is 11.3 Å². The van der Waals surface area contributed by atoms with Gasteiger partial charge in [-0.15, -0.1) is 0 Å². The molecule has 0 fully saturated rings. The summed E-state index contributed by atoms with van der Waals surface area (Å²) in [6.45, 7) is 2.50. The number of hydrogen-bond acceptors (Lipinski definition) is 5. The van der Waals surface area contributed by atoms with Crippen molar-refractivity contribution in [2.45, 2.75) is 18.5 Å². The summed E-state index contributed by atoms with van der Waals surface area (Å²) in [5, 5.41) is 4.92. The van der Waals surface area contributed by atoms with Gasteiger partial charge in [0.25, 0.3) is 0 Å². The van der Waals surface area contributed by atoms with Crippen molar-refractivity contribution in [3.8, 4) is 11.5 Å². The standard InChI is InChI=1S/C21H22N2O3S/c1-14-10-21(23-17-7-5-4-6-16(14)17)27-13-20(24)22-12-15-8-9-18(25-2)19(11-15)26-3/h4-11H,12-13H2,1-3H3,(H,22,24). The van der Waals surface area contributed by atoms with Gasteiger partial charge in [-0.3, -0.25) is 4.79 Å². The Balaban J connectivity index is 1.57. The van der Waals surface area contributed by atoms with E-state index in [1.54, 1.807) is 14.2 Å². The highest BCUT2D eigenvalue weighted by Gasteiger charge is 2.08. The first kappa shape index (κ1) is 19.0. The van der Waals surface area contributed by atoms with E-state index in [0.29, 0.717) is 23.8 Å². The normalized spacial score (nSPS) is 10.6. The number of ether oxygens (including phenoxy) is 2. The van der Waals surface area contributed by atoms with E-state index in [9.17, 15) is 4.79 Å². The third kappa shape index (κ3) is 4.71. The third-order valence-corrected chi connectivity index (χ3v) is 5.10. The van der Waals surface area contributed by atoms with Crippen molar-refractivity contribution in [3.63, 3.8) is 0 Å². The predicted molar refractivity (Wildman–Crippen MR) is 109 cm³/mol. The zero-order chi connectivity index (χ0) is 19.2. The van der Waals surface area contributed by atoms with Crippen molar-refractivity contribution in [3.05, 3.63) is 59.7 Å². The maximum atomic E-state index is 12.2. The van der Waals surface area contributed by atoms with Crippen molar-refractivity contribution in [1.29, 1.82) is 0 Å². The molecule has 1 aromatic heterocycles. The molecule has 0 bridgehead atoms. The molecule has 0 saturated heterocycles. The molecule has 3 aromatic rings. The number of hydrogen-bond donors (Lipinski definition) is 1. The van der Waals surface area contributed by atoms with E-state index >= 15 is 0 Å². The quantitative estimate of drug-likeness (QED) is 0.627. The molecule has 6 heteroatoms. The molecule has 1 N–H and O–H groups in total. The first-order valence-corrected chi connectivity index (χ1v) is 9.56. The molecule has 0 radical (unpaired) electrons. The highest BCUT2D eigenvalue weighted by Crippen LogP contribution is 2.27. The Kier molecular flexibility index (Phi) is 6.19. The number of carbonyl (C=O) groups is 1. The number of thioether (sulfide) groups is 1. The molecule has 0 aliphatic rings. The fourth-order valence-corrected chi connectivity index (χ4v) is 3.58. The third-order valence-electron chi connectivity index (χ3n) is 4.19. The average Bonchev–Trinajstić information content (AvgIpc) is 2.70. The molecule has 2 aromatic carbocycles. The smallest absolute Gasteiger partial charge is 0.230 e. The number of aryl methyl sites for hydroxylation is 1.